The van der Waals surface area contributed by atoms with Gasteiger partial charge < -0.3 is 14.1 Å². The van der Waals surface area contributed by atoms with E-state index < -0.39 is 0 Å². The Labute approximate surface area is 167 Å². The number of nitrogens with one attached hydrogen (secondary N) is 1. The van der Waals surface area contributed by atoms with E-state index in [2.05, 4.69) is 36.8 Å². The highest BCUT2D eigenvalue weighted by Crippen LogP contribution is 2.30. The van der Waals surface area contributed by atoms with Crippen LogP contribution in [-0.2, 0) is 11.2 Å². The summed E-state index contributed by atoms with van der Waals surface area (Å²) in [7, 11) is 1.64. The minimum absolute atomic E-state index is 0.0204. The molecule has 0 amide bonds. The van der Waals surface area contributed by atoms with Crippen LogP contribution >= 0.6 is 11.8 Å². The zero-order valence-corrected chi connectivity index (χ0v) is 17.1. The molecule has 0 saturated carbocycles. The van der Waals surface area contributed by atoms with Gasteiger partial charge in [-0.3, -0.25) is 0 Å². The van der Waals surface area contributed by atoms with Crippen LogP contribution < -0.4 is 10.4 Å². The number of imidazole rings is 1. The summed E-state index contributed by atoms with van der Waals surface area (Å²) >= 11 is 1.56. The van der Waals surface area contributed by atoms with Crippen LogP contribution in [0.5, 0.6) is 5.75 Å². The number of thioether (sulfide) groups is 1. The fraction of sp³-hybridized carbons (Fsp3) is 0.273. The van der Waals surface area contributed by atoms with Crippen LogP contribution in [0.25, 0.3) is 22.0 Å². The first-order chi connectivity index (χ1) is 13.3. The summed E-state index contributed by atoms with van der Waals surface area (Å²) in [5.74, 6) is 1.40. The van der Waals surface area contributed by atoms with E-state index in [0.29, 0.717) is 11.3 Å². The number of methoxy groups -OCH3 is 1. The Morgan fingerprint density at radius 1 is 1.14 bits per heavy atom. The Morgan fingerprint density at radius 3 is 2.71 bits per heavy atom. The quantitative estimate of drug-likeness (QED) is 0.377. The van der Waals surface area contributed by atoms with Gasteiger partial charge in [0.2, 0.25) is 0 Å². The van der Waals surface area contributed by atoms with Gasteiger partial charge in [-0.15, -0.1) is 0 Å². The van der Waals surface area contributed by atoms with Gasteiger partial charge in [-0.2, -0.15) is 0 Å². The second-order valence-corrected chi connectivity index (χ2v) is 8.73. The zero-order valence-electron chi connectivity index (χ0n) is 16.3. The standard InChI is InChI=1S/C22H22N2O3S/c1-22(2,3)14-5-8-19-16(10-14)13(9-20(25)27-19)12-28-21-23-17-7-6-15(26-4)11-18(17)24-21/h5-11H,12H2,1-4H3,(H,23,24). The number of hydrogen-bond donors (Lipinski definition) is 1. The summed E-state index contributed by atoms with van der Waals surface area (Å²) in [6, 6.07) is 13.4. The van der Waals surface area contributed by atoms with E-state index in [-0.39, 0.29) is 11.0 Å². The van der Waals surface area contributed by atoms with Gasteiger partial charge in [0, 0.05) is 23.3 Å². The first-order valence-corrected chi connectivity index (χ1v) is 10.1. The molecule has 28 heavy (non-hydrogen) atoms. The maximum atomic E-state index is 12.0. The first-order valence-electron chi connectivity index (χ1n) is 9.07. The molecule has 0 fully saturated rings. The highest BCUT2D eigenvalue weighted by Gasteiger charge is 2.16. The molecule has 6 heteroatoms. The van der Waals surface area contributed by atoms with Crippen molar-refractivity contribution < 1.29 is 9.15 Å². The number of aromatic amines is 1. The largest absolute Gasteiger partial charge is 0.497 e. The van der Waals surface area contributed by atoms with Crippen molar-refractivity contribution >= 4 is 33.8 Å². The van der Waals surface area contributed by atoms with Crippen molar-refractivity contribution in [3.8, 4) is 5.75 Å². The Bertz CT molecular complexity index is 1220. The second kappa shape index (κ2) is 7.02. The van der Waals surface area contributed by atoms with Gasteiger partial charge in [0.05, 0.1) is 18.1 Å². The molecule has 0 bridgehead atoms. The topological polar surface area (TPSA) is 68.1 Å². The van der Waals surface area contributed by atoms with Crippen LogP contribution in [0.15, 0.2) is 56.8 Å². The fourth-order valence-electron chi connectivity index (χ4n) is 3.12. The number of ether oxygens (including phenoxy) is 1. The van der Waals surface area contributed by atoms with Crippen molar-refractivity contribution in [2.45, 2.75) is 37.1 Å². The van der Waals surface area contributed by atoms with E-state index in [0.717, 1.165) is 32.9 Å². The summed E-state index contributed by atoms with van der Waals surface area (Å²) in [6.45, 7) is 6.51. The van der Waals surface area contributed by atoms with E-state index >= 15 is 0 Å². The average molecular weight is 394 g/mol. The molecule has 0 unspecified atom stereocenters. The van der Waals surface area contributed by atoms with Crippen LogP contribution in [0.3, 0.4) is 0 Å². The Hall–Kier alpha value is -2.73. The highest BCUT2D eigenvalue weighted by atomic mass is 32.2. The van der Waals surface area contributed by atoms with Gasteiger partial charge >= 0.3 is 5.63 Å². The summed E-state index contributed by atoms with van der Waals surface area (Å²) in [5.41, 5.74) is 4.26. The van der Waals surface area contributed by atoms with Gasteiger partial charge in [-0.25, -0.2) is 9.78 Å². The average Bonchev–Trinajstić information content (AvgIpc) is 3.06. The molecule has 144 valence electrons. The van der Waals surface area contributed by atoms with Crippen LogP contribution in [0.1, 0.15) is 31.9 Å². The van der Waals surface area contributed by atoms with Gasteiger partial charge in [0.1, 0.15) is 11.3 Å². The number of fused-ring (bicyclic) bond motifs is 2. The monoisotopic (exact) mass is 394 g/mol. The van der Waals surface area contributed by atoms with Gasteiger partial charge in [-0.05, 0) is 40.8 Å². The second-order valence-electron chi connectivity index (χ2n) is 7.77. The molecule has 0 aliphatic heterocycles. The molecule has 4 aromatic rings. The van der Waals surface area contributed by atoms with Crippen molar-refractivity contribution in [3.05, 3.63) is 64.0 Å². The smallest absolute Gasteiger partial charge is 0.336 e. The Balaban J connectivity index is 1.68. The number of hydrogen-bond acceptors (Lipinski definition) is 5. The maximum Gasteiger partial charge on any atom is 0.336 e. The van der Waals surface area contributed by atoms with Gasteiger partial charge in [0.15, 0.2) is 5.16 Å². The molecule has 4 rings (SSSR count). The summed E-state index contributed by atoms with van der Waals surface area (Å²) < 4.78 is 10.7. The highest BCUT2D eigenvalue weighted by molar-refractivity contribution is 7.98. The molecule has 0 saturated heterocycles. The molecule has 0 aliphatic rings. The van der Waals surface area contributed by atoms with Crippen molar-refractivity contribution in [2.75, 3.05) is 7.11 Å². The molecule has 2 aromatic heterocycles. The maximum absolute atomic E-state index is 12.0. The number of aromatic nitrogens is 2. The SMILES string of the molecule is COc1ccc2nc(SCc3cc(=O)oc4ccc(C(C)(C)C)cc34)[nH]c2c1. The molecular formula is C22H22N2O3S. The lowest BCUT2D eigenvalue weighted by molar-refractivity contribution is 0.415. The molecule has 5 nitrogen and oxygen atoms in total. The molecule has 2 heterocycles. The molecule has 1 N–H and O–H groups in total. The third-order valence-electron chi connectivity index (χ3n) is 4.73. The molecule has 0 radical (unpaired) electrons. The third-order valence-corrected chi connectivity index (χ3v) is 5.65. The number of rotatable bonds is 4. The molecule has 0 spiro atoms. The predicted octanol–water partition coefficient (Wildman–Crippen LogP) is 5.27. The molecule has 2 aromatic carbocycles. The van der Waals surface area contributed by atoms with E-state index in [1.165, 1.54) is 5.56 Å². The lowest BCUT2D eigenvalue weighted by Crippen LogP contribution is -2.11. The molecular weight excluding hydrogens is 372 g/mol. The number of nitrogens with zero attached hydrogens (tertiary/aromatic N) is 1. The zero-order chi connectivity index (χ0) is 19.9. The summed E-state index contributed by atoms with van der Waals surface area (Å²) in [5, 5.41) is 1.77. The third kappa shape index (κ3) is 3.64. The Kier molecular flexibility index (Phi) is 4.67. The van der Waals surface area contributed by atoms with E-state index in [1.54, 1.807) is 24.9 Å². The summed E-state index contributed by atoms with van der Waals surface area (Å²) in [4.78, 5) is 19.9. The minimum atomic E-state index is -0.332. The predicted molar refractivity (Wildman–Crippen MR) is 113 cm³/mol. The molecule has 0 atom stereocenters. The van der Waals surface area contributed by atoms with Crippen molar-refractivity contribution in [2.24, 2.45) is 0 Å². The van der Waals surface area contributed by atoms with Gasteiger partial charge in [-0.1, -0.05) is 38.6 Å². The minimum Gasteiger partial charge on any atom is -0.497 e. The van der Waals surface area contributed by atoms with Crippen LogP contribution in [0, 0.1) is 0 Å². The number of H-pyrrole nitrogens is 1. The fourth-order valence-corrected chi connectivity index (χ4v) is 4.00. The first kappa shape index (κ1) is 18.6. The Morgan fingerprint density at radius 2 is 1.96 bits per heavy atom. The van der Waals surface area contributed by atoms with E-state index in [1.807, 2.05) is 30.3 Å². The van der Waals surface area contributed by atoms with E-state index in [4.69, 9.17) is 9.15 Å². The molecule has 0 aliphatic carbocycles. The van der Waals surface area contributed by atoms with Crippen molar-refractivity contribution in [1.82, 2.24) is 9.97 Å². The van der Waals surface area contributed by atoms with Crippen LogP contribution in [-0.4, -0.2) is 17.1 Å². The van der Waals surface area contributed by atoms with Gasteiger partial charge in [0.25, 0.3) is 0 Å². The van der Waals surface area contributed by atoms with Crippen LogP contribution in [0.4, 0.5) is 0 Å². The number of benzene rings is 2. The lowest BCUT2D eigenvalue weighted by atomic mass is 9.86. The van der Waals surface area contributed by atoms with Crippen LogP contribution in [0.2, 0.25) is 0 Å². The normalized spacial score (nSPS) is 12.0. The lowest BCUT2D eigenvalue weighted by Gasteiger charge is -2.19. The van der Waals surface area contributed by atoms with Crippen molar-refractivity contribution in [1.29, 1.82) is 0 Å². The van der Waals surface area contributed by atoms with E-state index in [9.17, 15) is 4.79 Å². The van der Waals surface area contributed by atoms with Crippen molar-refractivity contribution in [3.63, 3.8) is 0 Å². The summed E-state index contributed by atoms with van der Waals surface area (Å²) in [6.07, 6.45) is 0.